The number of likely N-dealkylation sites (tertiary alicyclic amines) is 1. The van der Waals surface area contributed by atoms with Crippen LogP contribution in [0.25, 0.3) is 0 Å². The molecule has 1 saturated heterocycles. The number of nitrogens with one attached hydrogen (secondary N) is 1. The summed E-state index contributed by atoms with van der Waals surface area (Å²) >= 11 is 0. The van der Waals surface area contributed by atoms with E-state index in [0.717, 1.165) is 38.0 Å². The predicted octanol–water partition coefficient (Wildman–Crippen LogP) is 1.01. The normalized spacial score (nSPS) is 17.9. The van der Waals surface area contributed by atoms with Gasteiger partial charge in [-0.25, -0.2) is 4.79 Å². The lowest BCUT2D eigenvalue weighted by molar-refractivity contribution is 0.0594. The van der Waals surface area contributed by atoms with Crippen LogP contribution in [0.15, 0.2) is 12.3 Å². The zero-order chi connectivity index (χ0) is 13.0. The first-order valence-corrected chi connectivity index (χ1v) is 6.31. The number of esters is 1. The Balaban J connectivity index is 1.86. The molecule has 0 saturated carbocycles. The summed E-state index contributed by atoms with van der Waals surface area (Å²) in [5, 5.41) is 9.08. The fraction of sp³-hybridized carbons (Fsp3) is 0.615. The van der Waals surface area contributed by atoms with Gasteiger partial charge in [0.1, 0.15) is 5.69 Å². The van der Waals surface area contributed by atoms with Crippen molar-refractivity contribution in [1.82, 2.24) is 9.88 Å². The molecule has 100 valence electrons. The van der Waals surface area contributed by atoms with E-state index in [4.69, 9.17) is 5.11 Å². The molecule has 0 amide bonds. The van der Waals surface area contributed by atoms with Crippen molar-refractivity contribution in [2.45, 2.75) is 19.4 Å². The van der Waals surface area contributed by atoms with Gasteiger partial charge in [-0.15, -0.1) is 0 Å². The van der Waals surface area contributed by atoms with Crippen LogP contribution in [0.4, 0.5) is 0 Å². The molecule has 0 aromatic carbocycles. The van der Waals surface area contributed by atoms with Gasteiger partial charge >= 0.3 is 5.97 Å². The molecule has 5 heteroatoms. The number of H-pyrrole nitrogens is 1. The van der Waals surface area contributed by atoms with Crippen LogP contribution in [0.1, 0.15) is 28.9 Å². The van der Waals surface area contributed by atoms with E-state index in [9.17, 15) is 4.79 Å². The summed E-state index contributed by atoms with van der Waals surface area (Å²) < 4.78 is 4.66. The molecule has 0 unspecified atom stereocenters. The number of carbonyl (C=O) groups is 1. The van der Waals surface area contributed by atoms with Crippen LogP contribution < -0.4 is 0 Å². The van der Waals surface area contributed by atoms with Crippen molar-refractivity contribution < 1.29 is 14.6 Å². The highest BCUT2D eigenvalue weighted by Crippen LogP contribution is 2.18. The molecule has 0 atom stereocenters. The molecular weight excluding hydrogens is 232 g/mol. The average molecular weight is 252 g/mol. The van der Waals surface area contributed by atoms with Gasteiger partial charge in [0.15, 0.2) is 0 Å². The van der Waals surface area contributed by atoms with E-state index < -0.39 is 0 Å². The van der Waals surface area contributed by atoms with Crippen LogP contribution in [0.2, 0.25) is 0 Å². The molecule has 1 aromatic heterocycles. The molecule has 2 rings (SSSR count). The standard InChI is InChI=1S/C13H20N2O3/c1-18-13(17)12-6-11(7-14-12)8-15-4-2-10(9-16)3-5-15/h6-7,10,14,16H,2-5,8-9H2,1H3. The number of piperidine rings is 1. The Morgan fingerprint density at radius 3 is 2.89 bits per heavy atom. The number of hydrogen-bond acceptors (Lipinski definition) is 4. The maximum Gasteiger partial charge on any atom is 0.354 e. The summed E-state index contributed by atoms with van der Waals surface area (Å²) in [6, 6.07) is 1.84. The zero-order valence-electron chi connectivity index (χ0n) is 10.7. The van der Waals surface area contributed by atoms with Crippen molar-refractivity contribution in [3.63, 3.8) is 0 Å². The SMILES string of the molecule is COC(=O)c1cc(CN2CCC(CO)CC2)c[nH]1. The highest BCUT2D eigenvalue weighted by molar-refractivity contribution is 5.87. The highest BCUT2D eigenvalue weighted by atomic mass is 16.5. The topological polar surface area (TPSA) is 65.6 Å². The highest BCUT2D eigenvalue weighted by Gasteiger charge is 2.19. The summed E-state index contributed by atoms with van der Waals surface area (Å²) in [6.45, 7) is 3.14. The van der Waals surface area contributed by atoms with Crippen molar-refractivity contribution in [1.29, 1.82) is 0 Å². The van der Waals surface area contributed by atoms with Gasteiger partial charge in [-0.05, 0) is 43.5 Å². The van der Waals surface area contributed by atoms with Gasteiger partial charge in [0.25, 0.3) is 0 Å². The van der Waals surface area contributed by atoms with Gasteiger partial charge in [0.2, 0.25) is 0 Å². The average Bonchev–Trinajstić information content (AvgIpc) is 2.87. The minimum Gasteiger partial charge on any atom is -0.464 e. The van der Waals surface area contributed by atoms with Crippen molar-refractivity contribution in [2.24, 2.45) is 5.92 Å². The fourth-order valence-corrected chi connectivity index (χ4v) is 2.34. The van der Waals surface area contributed by atoms with E-state index in [0.29, 0.717) is 18.2 Å². The molecule has 1 fully saturated rings. The van der Waals surface area contributed by atoms with Crippen molar-refractivity contribution in [3.8, 4) is 0 Å². The number of methoxy groups -OCH3 is 1. The van der Waals surface area contributed by atoms with Gasteiger partial charge in [0, 0.05) is 19.3 Å². The molecule has 0 radical (unpaired) electrons. The summed E-state index contributed by atoms with van der Waals surface area (Å²) in [4.78, 5) is 16.6. The van der Waals surface area contributed by atoms with Gasteiger partial charge < -0.3 is 14.8 Å². The molecule has 18 heavy (non-hydrogen) atoms. The lowest BCUT2D eigenvalue weighted by Crippen LogP contribution is -2.34. The first kappa shape index (κ1) is 13.1. The Labute approximate surface area is 107 Å². The van der Waals surface area contributed by atoms with E-state index in [1.165, 1.54) is 7.11 Å². The second kappa shape index (κ2) is 6.02. The molecule has 2 heterocycles. The molecule has 1 aliphatic heterocycles. The molecule has 0 bridgehead atoms. The lowest BCUT2D eigenvalue weighted by Gasteiger charge is -2.30. The minimum atomic E-state index is -0.333. The lowest BCUT2D eigenvalue weighted by atomic mass is 9.98. The summed E-state index contributed by atoms with van der Waals surface area (Å²) in [5.41, 5.74) is 1.59. The molecule has 5 nitrogen and oxygen atoms in total. The second-order valence-corrected chi connectivity index (χ2v) is 4.82. The van der Waals surface area contributed by atoms with Gasteiger partial charge in [-0.1, -0.05) is 0 Å². The van der Waals surface area contributed by atoms with Crippen LogP contribution in [-0.4, -0.2) is 47.8 Å². The van der Waals surface area contributed by atoms with Crippen molar-refractivity contribution in [3.05, 3.63) is 23.5 Å². The first-order chi connectivity index (χ1) is 8.72. The number of aromatic nitrogens is 1. The minimum absolute atomic E-state index is 0.296. The maximum absolute atomic E-state index is 11.3. The van der Waals surface area contributed by atoms with Crippen molar-refractivity contribution in [2.75, 3.05) is 26.8 Å². The molecule has 0 aliphatic carbocycles. The Hall–Kier alpha value is -1.33. The number of hydrogen-bond donors (Lipinski definition) is 2. The molecule has 1 aliphatic rings. The number of carbonyl (C=O) groups excluding carboxylic acids is 1. The van der Waals surface area contributed by atoms with E-state index in [1.807, 2.05) is 12.3 Å². The molecule has 2 N–H and O–H groups in total. The molecule has 0 spiro atoms. The number of ether oxygens (including phenoxy) is 1. The van der Waals surface area contributed by atoms with E-state index >= 15 is 0 Å². The Kier molecular flexibility index (Phi) is 4.38. The van der Waals surface area contributed by atoms with Gasteiger partial charge in [-0.2, -0.15) is 0 Å². The van der Waals surface area contributed by atoms with Crippen LogP contribution in [-0.2, 0) is 11.3 Å². The zero-order valence-corrected chi connectivity index (χ0v) is 10.7. The Morgan fingerprint density at radius 2 is 2.28 bits per heavy atom. The predicted molar refractivity (Wildman–Crippen MR) is 67.2 cm³/mol. The number of rotatable bonds is 4. The van der Waals surface area contributed by atoms with E-state index in [2.05, 4.69) is 14.6 Å². The third-order valence-electron chi connectivity index (χ3n) is 3.52. The Morgan fingerprint density at radius 1 is 1.56 bits per heavy atom. The van der Waals surface area contributed by atoms with Gasteiger partial charge in [-0.3, -0.25) is 4.90 Å². The number of aromatic amines is 1. The summed E-state index contributed by atoms with van der Waals surface area (Å²) in [5.74, 6) is 0.123. The third-order valence-corrected chi connectivity index (χ3v) is 3.52. The smallest absolute Gasteiger partial charge is 0.354 e. The summed E-state index contributed by atoms with van der Waals surface area (Å²) in [7, 11) is 1.38. The number of aliphatic hydroxyl groups excluding tert-OH is 1. The van der Waals surface area contributed by atoms with Crippen LogP contribution in [0.5, 0.6) is 0 Å². The quantitative estimate of drug-likeness (QED) is 0.785. The molecular formula is C13H20N2O3. The number of aliphatic hydroxyl groups is 1. The van der Waals surface area contributed by atoms with Crippen LogP contribution in [0, 0.1) is 5.92 Å². The third kappa shape index (κ3) is 3.11. The van der Waals surface area contributed by atoms with Crippen LogP contribution in [0.3, 0.4) is 0 Å². The second-order valence-electron chi connectivity index (χ2n) is 4.82. The van der Waals surface area contributed by atoms with E-state index in [1.54, 1.807) is 0 Å². The fourth-order valence-electron chi connectivity index (χ4n) is 2.34. The first-order valence-electron chi connectivity index (χ1n) is 6.31. The number of nitrogens with zero attached hydrogens (tertiary/aromatic N) is 1. The van der Waals surface area contributed by atoms with E-state index in [-0.39, 0.29) is 5.97 Å². The van der Waals surface area contributed by atoms with Gasteiger partial charge in [0.05, 0.1) is 7.11 Å². The largest absolute Gasteiger partial charge is 0.464 e. The van der Waals surface area contributed by atoms with Crippen LogP contribution >= 0.6 is 0 Å². The molecule has 1 aromatic rings. The monoisotopic (exact) mass is 252 g/mol. The van der Waals surface area contributed by atoms with Crippen molar-refractivity contribution >= 4 is 5.97 Å². The Bertz CT molecular complexity index is 395. The maximum atomic E-state index is 11.3. The summed E-state index contributed by atoms with van der Waals surface area (Å²) in [6.07, 6.45) is 3.94.